The van der Waals surface area contributed by atoms with Gasteiger partial charge in [0.05, 0.1) is 10.7 Å². The Hall–Kier alpha value is -1.39. The van der Waals surface area contributed by atoms with Crippen LogP contribution in [0.15, 0.2) is 46.9 Å². The van der Waals surface area contributed by atoms with Crippen molar-refractivity contribution in [1.29, 1.82) is 0 Å². The highest BCUT2D eigenvalue weighted by Crippen LogP contribution is 2.23. The zero-order valence-corrected chi connectivity index (χ0v) is 11.4. The molecular weight excluding hydrogens is 321 g/mol. The minimum absolute atomic E-state index is 0.167. The van der Waals surface area contributed by atoms with Crippen LogP contribution in [0.1, 0.15) is 10.4 Å². The lowest BCUT2D eigenvalue weighted by Gasteiger charge is -2.07. The smallest absolute Gasteiger partial charge is 0.255 e. The minimum Gasteiger partial charge on any atom is -0.321 e. The molecule has 2 nitrogen and oxygen atoms in total. The maximum absolute atomic E-state index is 12.8. The van der Waals surface area contributed by atoms with Crippen molar-refractivity contribution in [2.45, 2.75) is 0 Å². The molecule has 18 heavy (non-hydrogen) atoms. The first-order valence-corrected chi connectivity index (χ1v) is 6.25. The molecule has 1 amide bonds. The van der Waals surface area contributed by atoms with E-state index < -0.39 is 5.82 Å². The fraction of sp³-hybridized carbons (Fsp3) is 0. The predicted molar refractivity (Wildman–Crippen MR) is 73.5 cm³/mol. The molecule has 0 aromatic heterocycles. The molecular formula is C13H8BrClFNO. The van der Waals surface area contributed by atoms with Gasteiger partial charge < -0.3 is 5.32 Å². The van der Waals surface area contributed by atoms with E-state index in [0.717, 1.165) is 10.5 Å². The van der Waals surface area contributed by atoms with Crippen molar-refractivity contribution in [1.82, 2.24) is 0 Å². The Morgan fingerprint density at radius 2 is 1.83 bits per heavy atom. The summed E-state index contributed by atoms with van der Waals surface area (Å²) in [5, 5.41) is 2.79. The number of carbonyl (C=O) groups is 1. The van der Waals surface area contributed by atoms with E-state index in [2.05, 4.69) is 21.2 Å². The molecule has 0 radical (unpaired) electrons. The molecule has 5 heteroatoms. The van der Waals surface area contributed by atoms with Gasteiger partial charge in [-0.25, -0.2) is 4.39 Å². The molecule has 0 unspecified atom stereocenters. The molecule has 0 fully saturated rings. The van der Waals surface area contributed by atoms with Crippen LogP contribution in [0.4, 0.5) is 10.1 Å². The number of carbonyl (C=O) groups excluding carboxylic acids is 1. The van der Waals surface area contributed by atoms with Crippen molar-refractivity contribution in [2.24, 2.45) is 0 Å². The molecule has 0 saturated carbocycles. The van der Waals surface area contributed by atoms with Gasteiger partial charge in [0.1, 0.15) is 5.82 Å². The summed E-state index contributed by atoms with van der Waals surface area (Å²) < 4.78 is 13.7. The van der Waals surface area contributed by atoms with Crippen LogP contribution in [0.25, 0.3) is 0 Å². The topological polar surface area (TPSA) is 29.1 Å². The number of rotatable bonds is 2. The zero-order chi connectivity index (χ0) is 13.1. The summed E-state index contributed by atoms with van der Waals surface area (Å²) >= 11 is 9.11. The monoisotopic (exact) mass is 327 g/mol. The first-order valence-electron chi connectivity index (χ1n) is 5.08. The quantitative estimate of drug-likeness (QED) is 0.864. The molecule has 0 aliphatic rings. The van der Waals surface area contributed by atoms with E-state index in [0.29, 0.717) is 11.3 Å². The summed E-state index contributed by atoms with van der Waals surface area (Å²) in [4.78, 5) is 11.9. The first-order chi connectivity index (χ1) is 8.56. The lowest BCUT2D eigenvalue weighted by molar-refractivity contribution is 0.102. The molecule has 0 heterocycles. The highest BCUT2D eigenvalue weighted by atomic mass is 79.9. The summed E-state index contributed by atoms with van der Waals surface area (Å²) in [6, 6.07) is 10.7. The van der Waals surface area contributed by atoms with Gasteiger partial charge in [0.25, 0.3) is 5.91 Å². The molecule has 0 saturated heterocycles. The predicted octanol–water partition coefficient (Wildman–Crippen LogP) is 4.49. The van der Waals surface area contributed by atoms with Gasteiger partial charge in [0.15, 0.2) is 0 Å². The molecule has 0 aliphatic carbocycles. The number of hydrogen-bond donors (Lipinski definition) is 1. The number of anilines is 1. The van der Waals surface area contributed by atoms with Crippen molar-refractivity contribution in [3.05, 3.63) is 63.3 Å². The van der Waals surface area contributed by atoms with E-state index in [1.54, 1.807) is 24.3 Å². The van der Waals surface area contributed by atoms with Gasteiger partial charge in [-0.1, -0.05) is 27.5 Å². The molecule has 1 N–H and O–H groups in total. The number of amides is 1. The normalized spacial score (nSPS) is 10.2. The maximum atomic E-state index is 12.8. The van der Waals surface area contributed by atoms with E-state index in [-0.39, 0.29) is 10.9 Å². The summed E-state index contributed by atoms with van der Waals surface area (Å²) in [6.45, 7) is 0. The number of halogens is 3. The summed E-state index contributed by atoms with van der Waals surface area (Å²) in [5.74, 6) is -0.738. The van der Waals surface area contributed by atoms with Gasteiger partial charge in [-0.2, -0.15) is 0 Å². The fourth-order valence-electron chi connectivity index (χ4n) is 1.39. The summed E-state index contributed by atoms with van der Waals surface area (Å²) in [6.07, 6.45) is 0. The van der Waals surface area contributed by atoms with Gasteiger partial charge in [-0.3, -0.25) is 4.79 Å². The summed E-state index contributed by atoms with van der Waals surface area (Å²) in [7, 11) is 0. The Labute approximate surface area is 117 Å². The van der Waals surface area contributed by atoms with Gasteiger partial charge in [-0.15, -0.1) is 0 Å². The van der Waals surface area contributed by atoms with E-state index in [1.807, 2.05) is 0 Å². The molecule has 92 valence electrons. The SMILES string of the molecule is O=C(Nc1ccc(F)cc1Cl)c1ccc(Br)cc1. The maximum Gasteiger partial charge on any atom is 0.255 e. The summed E-state index contributed by atoms with van der Waals surface area (Å²) in [5.41, 5.74) is 0.879. The lowest BCUT2D eigenvalue weighted by atomic mass is 10.2. The average molecular weight is 329 g/mol. The number of nitrogens with one attached hydrogen (secondary N) is 1. The molecule has 2 rings (SSSR count). The minimum atomic E-state index is -0.443. The van der Waals surface area contributed by atoms with Crippen molar-refractivity contribution >= 4 is 39.1 Å². The molecule has 0 spiro atoms. The highest BCUT2D eigenvalue weighted by Gasteiger charge is 2.08. The van der Waals surface area contributed by atoms with E-state index in [9.17, 15) is 9.18 Å². The second kappa shape index (κ2) is 5.50. The third-order valence-corrected chi connectivity index (χ3v) is 3.13. The number of hydrogen-bond acceptors (Lipinski definition) is 1. The number of benzene rings is 2. The third-order valence-electron chi connectivity index (χ3n) is 2.29. The Morgan fingerprint density at radius 1 is 1.17 bits per heavy atom. The first kappa shape index (κ1) is 13.1. The molecule has 0 atom stereocenters. The second-order valence-corrected chi connectivity index (χ2v) is 4.91. The standard InChI is InChI=1S/C13H8BrClFNO/c14-9-3-1-8(2-4-9)13(18)17-12-6-5-10(16)7-11(12)15/h1-7H,(H,17,18). The van der Waals surface area contributed by atoms with Crippen LogP contribution >= 0.6 is 27.5 Å². The van der Waals surface area contributed by atoms with E-state index in [4.69, 9.17) is 11.6 Å². The van der Waals surface area contributed by atoms with Crippen LogP contribution < -0.4 is 5.32 Å². The fourth-order valence-corrected chi connectivity index (χ4v) is 1.87. The van der Waals surface area contributed by atoms with Crippen LogP contribution in [0, 0.1) is 5.82 Å². The van der Waals surface area contributed by atoms with E-state index in [1.165, 1.54) is 12.1 Å². The van der Waals surface area contributed by atoms with Crippen LogP contribution in [0.2, 0.25) is 5.02 Å². The van der Waals surface area contributed by atoms with Crippen LogP contribution in [0.5, 0.6) is 0 Å². The van der Waals surface area contributed by atoms with Crippen LogP contribution in [-0.2, 0) is 0 Å². The van der Waals surface area contributed by atoms with Gasteiger partial charge in [0.2, 0.25) is 0 Å². The van der Waals surface area contributed by atoms with Gasteiger partial charge >= 0.3 is 0 Å². The highest BCUT2D eigenvalue weighted by molar-refractivity contribution is 9.10. The largest absolute Gasteiger partial charge is 0.321 e. The Balaban J connectivity index is 2.18. The van der Waals surface area contributed by atoms with Crippen molar-refractivity contribution in [3.63, 3.8) is 0 Å². The van der Waals surface area contributed by atoms with Crippen molar-refractivity contribution < 1.29 is 9.18 Å². The average Bonchev–Trinajstić information content (AvgIpc) is 2.33. The lowest BCUT2D eigenvalue weighted by Crippen LogP contribution is -2.12. The van der Waals surface area contributed by atoms with E-state index >= 15 is 0 Å². The molecule has 0 aliphatic heterocycles. The molecule has 2 aromatic rings. The van der Waals surface area contributed by atoms with Crippen molar-refractivity contribution in [3.8, 4) is 0 Å². The van der Waals surface area contributed by atoms with Crippen molar-refractivity contribution in [2.75, 3.05) is 5.32 Å². The zero-order valence-electron chi connectivity index (χ0n) is 9.08. The molecule has 0 bridgehead atoms. The van der Waals surface area contributed by atoms with Gasteiger partial charge in [0, 0.05) is 10.0 Å². The Morgan fingerprint density at radius 3 is 2.44 bits per heavy atom. The van der Waals surface area contributed by atoms with Crippen LogP contribution in [-0.4, -0.2) is 5.91 Å². The van der Waals surface area contributed by atoms with Crippen LogP contribution in [0.3, 0.4) is 0 Å². The second-order valence-electron chi connectivity index (χ2n) is 3.59. The molecule has 2 aromatic carbocycles. The Kier molecular flexibility index (Phi) is 3.99. The Bertz CT molecular complexity index is 586. The third kappa shape index (κ3) is 3.09. The van der Waals surface area contributed by atoms with Gasteiger partial charge in [-0.05, 0) is 42.5 Å².